The van der Waals surface area contributed by atoms with E-state index < -0.39 is 12.1 Å². The van der Waals surface area contributed by atoms with Gasteiger partial charge in [0.1, 0.15) is 0 Å². The lowest BCUT2D eigenvalue weighted by Gasteiger charge is -2.20. The van der Waals surface area contributed by atoms with Crippen LogP contribution in [0.4, 0.5) is 0 Å². The van der Waals surface area contributed by atoms with Crippen molar-refractivity contribution >= 4 is 5.91 Å². The molecule has 4 nitrogen and oxygen atoms in total. The Bertz CT molecular complexity index is 480. The van der Waals surface area contributed by atoms with E-state index in [4.69, 9.17) is 0 Å². The average molecular weight is 510 g/mol. The molecule has 2 unspecified atom stereocenters. The molecule has 0 saturated heterocycles. The summed E-state index contributed by atoms with van der Waals surface area (Å²) in [6.45, 7) is 4.25. The first kappa shape index (κ1) is 35.1. The van der Waals surface area contributed by atoms with Crippen LogP contribution >= 0.6 is 0 Å². The van der Waals surface area contributed by atoms with E-state index in [1.807, 2.05) is 6.08 Å². The van der Waals surface area contributed by atoms with E-state index in [-0.39, 0.29) is 12.5 Å². The largest absolute Gasteiger partial charge is 0.394 e. The van der Waals surface area contributed by atoms with Gasteiger partial charge in [-0.25, -0.2) is 0 Å². The Morgan fingerprint density at radius 1 is 0.639 bits per heavy atom. The quantitative estimate of drug-likeness (QED) is 0.0729. The Balaban J connectivity index is 3.60. The molecule has 0 fully saturated rings. The van der Waals surface area contributed by atoms with E-state index >= 15 is 0 Å². The molecule has 0 aromatic heterocycles. The highest BCUT2D eigenvalue weighted by atomic mass is 16.3. The van der Waals surface area contributed by atoms with E-state index in [9.17, 15) is 15.0 Å². The van der Waals surface area contributed by atoms with Gasteiger partial charge in [-0.05, 0) is 19.3 Å². The third-order valence-corrected chi connectivity index (χ3v) is 7.27. The molecule has 0 saturated carbocycles. The molecule has 0 aliphatic rings. The molecule has 0 aromatic carbocycles. The first-order valence-corrected chi connectivity index (χ1v) is 15.9. The van der Waals surface area contributed by atoms with Gasteiger partial charge in [0.15, 0.2) is 0 Å². The normalized spacial score (nSPS) is 13.3. The second-order valence-corrected chi connectivity index (χ2v) is 10.9. The molecule has 0 heterocycles. The van der Waals surface area contributed by atoms with Crippen LogP contribution in [-0.2, 0) is 4.79 Å². The zero-order valence-electron chi connectivity index (χ0n) is 24.3. The zero-order chi connectivity index (χ0) is 26.5. The second-order valence-electron chi connectivity index (χ2n) is 10.9. The van der Waals surface area contributed by atoms with Crippen LogP contribution < -0.4 is 5.32 Å². The molecule has 4 heteroatoms. The van der Waals surface area contributed by atoms with Crippen molar-refractivity contribution in [2.45, 2.75) is 180 Å². The number of hydrogen-bond acceptors (Lipinski definition) is 3. The second kappa shape index (κ2) is 28.7. The van der Waals surface area contributed by atoms with Crippen molar-refractivity contribution in [2.24, 2.45) is 0 Å². The Labute approximate surface area is 225 Å². The van der Waals surface area contributed by atoms with Crippen molar-refractivity contribution in [1.29, 1.82) is 0 Å². The minimum Gasteiger partial charge on any atom is -0.394 e. The molecule has 3 N–H and O–H groups in total. The van der Waals surface area contributed by atoms with Crippen LogP contribution in [0, 0.1) is 0 Å². The fourth-order valence-electron chi connectivity index (χ4n) is 4.76. The van der Waals surface area contributed by atoms with Gasteiger partial charge < -0.3 is 15.5 Å². The number of allylic oxidation sites excluding steroid dienone is 1. The van der Waals surface area contributed by atoms with Crippen molar-refractivity contribution in [3.8, 4) is 0 Å². The summed E-state index contributed by atoms with van der Waals surface area (Å²) in [4.78, 5) is 12.1. The Hall–Kier alpha value is -0.870. The van der Waals surface area contributed by atoms with Crippen LogP contribution in [0.25, 0.3) is 0 Å². The van der Waals surface area contributed by atoms with E-state index in [0.29, 0.717) is 6.42 Å². The molecule has 0 radical (unpaired) electrons. The van der Waals surface area contributed by atoms with Crippen LogP contribution in [0.3, 0.4) is 0 Å². The molecule has 0 rings (SSSR count). The number of amides is 1. The maximum Gasteiger partial charge on any atom is 0.220 e. The Kier molecular flexibility index (Phi) is 28.0. The Morgan fingerprint density at radius 2 is 1.03 bits per heavy atom. The molecule has 1 amide bonds. The van der Waals surface area contributed by atoms with Crippen molar-refractivity contribution in [1.82, 2.24) is 5.32 Å². The molecule has 0 aliphatic carbocycles. The number of carbonyl (C=O) groups is 1. The van der Waals surface area contributed by atoms with E-state index in [1.165, 1.54) is 122 Å². The molecule has 0 bridgehead atoms. The van der Waals surface area contributed by atoms with Gasteiger partial charge in [0.2, 0.25) is 5.91 Å². The third kappa shape index (κ3) is 24.8. The summed E-state index contributed by atoms with van der Waals surface area (Å²) in [6.07, 6.45) is 33.0. The van der Waals surface area contributed by atoms with Gasteiger partial charge in [0, 0.05) is 6.42 Å². The highest BCUT2D eigenvalue weighted by Crippen LogP contribution is 2.14. The summed E-state index contributed by atoms with van der Waals surface area (Å²) in [5, 5.41) is 22.7. The first-order chi connectivity index (χ1) is 17.7. The van der Waals surface area contributed by atoms with Gasteiger partial charge in [-0.1, -0.05) is 154 Å². The van der Waals surface area contributed by atoms with Crippen molar-refractivity contribution in [3.05, 3.63) is 12.2 Å². The predicted molar refractivity (Wildman–Crippen MR) is 156 cm³/mol. The minimum absolute atomic E-state index is 0.0718. The van der Waals surface area contributed by atoms with Gasteiger partial charge in [0.05, 0.1) is 18.8 Å². The molecule has 214 valence electrons. The molecular formula is C32H63NO3. The van der Waals surface area contributed by atoms with E-state index in [0.717, 1.165) is 25.7 Å². The van der Waals surface area contributed by atoms with E-state index in [2.05, 4.69) is 19.2 Å². The number of nitrogens with one attached hydrogen (secondary N) is 1. The number of aliphatic hydroxyl groups is 2. The summed E-state index contributed by atoms with van der Waals surface area (Å²) in [5.74, 6) is -0.0718. The molecule has 0 aromatic rings. The zero-order valence-corrected chi connectivity index (χ0v) is 24.3. The highest BCUT2D eigenvalue weighted by Gasteiger charge is 2.17. The summed E-state index contributed by atoms with van der Waals surface area (Å²) < 4.78 is 0. The number of hydrogen-bond donors (Lipinski definition) is 3. The highest BCUT2D eigenvalue weighted by molar-refractivity contribution is 5.76. The van der Waals surface area contributed by atoms with E-state index in [1.54, 1.807) is 6.08 Å². The van der Waals surface area contributed by atoms with Gasteiger partial charge in [-0.2, -0.15) is 0 Å². The molecule has 0 aliphatic heterocycles. The monoisotopic (exact) mass is 509 g/mol. The molecular weight excluding hydrogens is 446 g/mol. The maximum absolute atomic E-state index is 12.1. The lowest BCUT2D eigenvalue weighted by Crippen LogP contribution is -2.45. The fourth-order valence-corrected chi connectivity index (χ4v) is 4.76. The maximum atomic E-state index is 12.1. The van der Waals surface area contributed by atoms with Crippen molar-refractivity contribution in [3.63, 3.8) is 0 Å². The van der Waals surface area contributed by atoms with Crippen LogP contribution in [0.2, 0.25) is 0 Å². The molecule has 36 heavy (non-hydrogen) atoms. The molecule has 2 atom stereocenters. The number of aliphatic hydroxyl groups excluding tert-OH is 2. The number of unbranched alkanes of at least 4 members (excludes halogenated alkanes) is 21. The van der Waals surface area contributed by atoms with Gasteiger partial charge >= 0.3 is 0 Å². The molecule has 0 spiro atoms. The summed E-state index contributed by atoms with van der Waals surface area (Å²) >= 11 is 0. The van der Waals surface area contributed by atoms with Crippen LogP contribution in [0.1, 0.15) is 168 Å². The lowest BCUT2D eigenvalue weighted by atomic mass is 10.0. The van der Waals surface area contributed by atoms with Crippen LogP contribution in [0.15, 0.2) is 12.2 Å². The van der Waals surface area contributed by atoms with Crippen molar-refractivity contribution in [2.75, 3.05) is 6.61 Å². The minimum atomic E-state index is -0.829. The smallest absolute Gasteiger partial charge is 0.220 e. The summed E-state index contributed by atoms with van der Waals surface area (Å²) in [7, 11) is 0. The van der Waals surface area contributed by atoms with Gasteiger partial charge in [0.25, 0.3) is 0 Å². The van der Waals surface area contributed by atoms with Gasteiger partial charge in [-0.15, -0.1) is 0 Å². The SMILES string of the molecule is CCCCCCCCCCCCCCCCC/C=C/C(O)C(CO)NC(=O)CCCCCCCCC. The van der Waals surface area contributed by atoms with Gasteiger partial charge in [-0.3, -0.25) is 4.79 Å². The first-order valence-electron chi connectivity index (χ1n) is 15.9. The number of carbonyl (C=O) groups excluding carboxylic acids is 1. The lowest BCUT2D eigenvalue weighted by molar-refractivity contribution is -0.123. The third-order valence-electron chi connectivity index (χ3n) is 7.27. The number of rotatable bonds is 28. The fraction of sp³-hybridized carbons (Fsp3) is 0.906. The summed E-state index contributed by atoms with van der Waals surface area (Å²) in [5.41, 5.74) is 0. The Morgan fingerprint density at radius 3 is 1.44 bits per heavy atom. The average Bonchev–Trinajstić information content (AvgIpc) is 2.88. The summed E-state index contributed by atoms with van der Waals surface area (Å²) in [6, 6.07) is -0.612. The van der Waals surface area contributed by atoms with Crippen molar-refractivity contribution < 1.29 is 15.0 Å². The topological polar surface area (TPSA) is 69.6 Å². The van der Waals surface area contributed by atoms with Crippen LogP contribution in [0.5, 0.6) is 0 Å². The predicted octanol–water partition coefficient (Wildman–Crippen LogP) is 8.78. The van der Waals surface area contributed by atoms with Crippen LogP contribution in [-0.4, -0.2) is 34.9 Å². The standard InChI is InChI=1S/C32H63NO3/c1-3-5-7-9-11-12-13-14-15-16-17-18-19-20-22-23-25-27-31(35)30(29-34)33-32(36)28-26-24-21-10-8-6-4-2/h25,27,30-31,34-35H,3-24,26,28-29H2,1-2H3,(H,33,36)/b27-25+.